The van der Waals surface area contributed by atoms with Gasteiger partial charge in [-0.3, -0.25) is 9.78 Å². The van der Waals surface area contributed by atoms with Gasteiger partial charge in [0.2, 0.25) is 15.9 Å². The van der Waals surface area contributed by atoms with Gasteiger partial charge in [-0.2, -0.15) is 9.57 Å². The second kappa shape index (κ2) is 8.37. The van der Waals surface area contributed by atoms with E-state index in [2.05, 4.69) is 11.1 Å². The molecule has 11 heteroatoms. The minimum Gasteiger partial charge on any atom is -0.309 e. The van der Waals surface area contributed by atoms with Crippen LogP contribution in [-0.4, -0.2) is 42.5 Å². The molecule has 1 aromatic heterocycles. The van der Waals surface area contributed by atoms with Gasteiger partial charge in [0.1, 0.15) is 5.82 Å². The highest BCUT2D eigenvalue weighted by Crippen LogP contribution is 2.49. The molecule has 3 aromatic rings. The largest absolute Gasteiger partial charge is 0.309 e. The molecule has 2 aromatic carbocycles. The fourth-order valence-corrected chi connectivity index (χ4v) is 8.13. The van der Waals surface area contributed by atoms with E-state index in [9.17, 15) is 22.9 Å². The molecule has 1 spiro atoms. The van der Waals surface area contributed by atoms with Gasteiger partial charge in [0.25, 0.3) is 0 Å². The number of benzene rings is 2. The van der Waals surface area contributed by atoms with Gasteiger partial charge in [0.05, 0.1) is 39.6 Å². The number of nitriles is 1. The molecule has 6 rings (SSSR count). The van der Waals surface area contributed by atoms with E-state index in [1.807, 2.05) is 0 Å². The minimum absolute atomic E-state index is 0.0555. The molecular formula is C26H21Cl2FN4O3S. The summed E-state index contributed by atoms with van der Waals surface area (Å²) in [4.78, 5) is 20.0. The zero-order chi connectivity index (χ0) is 26.2. The number of amides is 1. The summed E-state index contributed by atoms with van der Waals surface area (Å²) < 4.78 is 42.3. The third-order valence-electron chi connectivity index (χ3n) is 7.78. The van der Waals surface area contributed by atoms with E-state index in [0.29, 0.717) is 51.9 Å². The van der Waals surface area contributed by atoms with Crippen molar-refractivity contribution in [3.8, 4) is 6.07 Å². The van der Waals surface area contributed by atoms with E-state index in [-0.39, 0.29) is 36.3 Å². The second-order valence-corrected chi connectivity index (χ2v) is 13.0. The van der Waals surface area contributed by atoms with Crippen molar-refractivity contribution in [2.75, 3.05) is 23.7 Å². The predicted octanol–water partition coefficient (Wildman–Crippen LogP) is 4.80. The maximum atomic E-state index is 14.3. The lowest BCUT2D eigenvalue weighted by atomic mass is 9.74. The average molecular weight is 559 g/mol. The molecule has 190 valence electrons. The van der Waals surface area contributed by atoms with Crippen molar-refractivity contribution in [1.29, 1.82) is 5.26 Å². The zero-order valence-electron chi connectivity index (χ0n) is 19.5. The maximum absolute atomic E-state index is 14.3. The van der Waals surface area contributed by atoms with Gasteiger partial charge in [-0.1, -0.05) is 29.3 Å². The number of rotatable bonds is 4. The summed E-state index contributed by atoms with van der Waals surface area (Å²) in [5.74, 6) is -1.07. The molecule has 3 heterocycles. The van der Waals surface area contributed by atoms with Crippen LogP contribution in [0, 0.1) is 22.6 Å². The number of carbonyl (C=O) groups is 1. The average Bonchev–Trinajstić information content (AvgIpc) is 3.55. The lowest BCUT2D eigenvalue weighted by molar-refractivity contribution is -0.122. The number of hydrogen-bond donors (Lipinski definition) is 0. The van der Waals surface area contributed by atoms with Gasteiger partial charge in [-0.05, 0) is 54.7 Å². The molecule has 1 saturated heterocycles. The monoisotopic (exact) mass is 558 g/mol. The Hall–Kier alpha value is -2.77. The number of anilines is 1. The van der Waals surface area contributed by atoms with Crippen molar-refractivity contribution < 1.29 is 17.6 Å². The molecule has 2 fully saturated rings. The standard InChI is InChI=1S/C26H21Cl2FN4O3S/c27-18-2-1-16-12-32(37(35,36)15-25(13-30)3-4-25)14-26(20(16)8-18)5-6-33(24(26)34)22-11-31-10-17-7-19(29)9-21(28)23(17)22/h1-2,7-11H,3-6,12,14-15H2. The molecule has 0 N–H and O–H groups in total. The number of aromatic nitrogens is 1. The van der Waals surface area contributed by atoms with Crippen LogP contribution < -0.4 is 4.90 Å². The Morgan fingerprint density at radius 2 is 1.92 bits per heavy atom. The van der Waals surface area contributed by atoms with E-state index >= 15 is 0 Å². The fraction of sp³-hybridized carbons (Fsp3) is 0.346. The Labute approximate surface area is 223 Å². The minimum atomic E-state index is -3.83. The summed E-state index contributed by atoms with van der Waals surface area (Å²) in [5, 5.41) is 11.1. The van der Waals surface area contributed by atoms with Crippen LogP contribution in [0.2, 0.25) is 10.0 Å². The number of sulfonamides is 1. The first-order valence-corrected chi connectivity index (χ1v) is 14.2. The van der Waals surface area contributed by atoms with E-state index in [1.54, 1.807) is 23.1 Å². The third kappa shape index (κ3) is 3.89. The molecule has 2 aliphatic heterocycles. The molecule has 0 bridgehead atoms. The molecular weight excluding hydrogens is 538 g/mol. The zero-order valence-corrected chi connectivity index (χ0v) is 21.9. The SMILES string of the molecule is N#CC1(CS(=O)(=O)N2Cc3ccc(Cl)cc3C3(CCN(c4cncc5cc(F)cc(Cl)c45)C3=O)C2)CC1. The van der Waals surface area contributed by atoms with Crippen LogP contribution in [0.5, 0.6) is 0 Å². The topological polar surface area (TPSA) is 94.4 Å². The van der Waals surface area contributed by atoms with Gasteiger partial charge >= 0.3 is 0 Å². The van der Waals surface area contributed by atoms with Crippen LogP contribution in [0.25, 0.3) is 10.8 Å². The summed E-state index contributed by atoms with van der Waals surface area (Å²) in [6, 6.07) is 9.83. The molecule has 3 aliphatic rings. The van der Waals surface area contributed by atoms with Crippen molar-refractivity contribution in [2.45, 2.75) is 31.2 Å². The number of fused-ring (bicyclic) bond motifs is 3. The van der Waals surface area contributed by atoms with Crippen LogP contribution in [0.3, 0.4) is 0 Å². The van der Waals surface area contributed by atoms with Crippen LogP contribution in [0.15, 0.2) is 42.7 Å². The Morgan fingerprint density at radius 3 is 2.65 bits per heavy atom. The normalized spacial score (nSPS) is 22.9. The van der Waals surface area contributed by atoms with Crippen molar-refractivity contribution >= 4 is 55.6 Å². The summed E-state index contributed by atoms with van der Waals surface area (Å²) in [6.45, 7) is 0.335. The Kier molecular flexibility index (Phi) is 5.55. The predicted molar refractivity (Wildman–Crippen MR) is 138 cm³/mol. The highest BCUT2D eigenvalue weighted by Gasteiger charge is 2.56. The van der Waals surface area contributed by atoms with Gasteiger partial charge in [0, 0.05) is 41.6 Å². The van der Waals surface area contributed by atoms with Gasteiger partial charge < -0.3 is 4.90 Å². The van der Waals surface area contributed by atoms with Crippen LogP contribution in [-0.2, 0) is 26.8 Å². The molecule has 1 amide bonds. The van der Waals surface area contributed by atoms with Crippen molar-refractivity contribution in [3.05, 3.63) is 69.7 Å². The van der Waals surface area contributed by atoms with E-state index < -0.39 is 26.7 Å². The van der Waals surface area contributed by atoms with Gasteiger partial charge in [0.15, 0.2) is 0 Å². The molecule has 1 unspecified atom stereocenters. The van der Waals surface area contributed by atoms with Crippen molar-refractivity contribution in [2.24, 2.45) is 5.41 Å². The van der Waals surface area contributed by atoms with Crippen molar-refractivity contribution in [3.63, 3.8) is 0 Å². The summed E-state index contributed by atoms with van der Waals surface area (Å²) in [5.41, 5.74) is -0.185. The third-order valence-corrected chi connectivity index (χ3v) is 10.3. The number of carbonyl (C=O) groups excluding carboxylic acids is 1. The second-order valence-electron chi connectivity index (χ2n) is 10.2. The molecule has 37 heavy (non-hydrogen) atoms. The Morgan fingerprint density at radius 1 is 1.14 bits per heavy atom. The fourth-order valence-electron chi connectivity index (χ4n) is 5.66. The molecule has 1 saturated carbocycles. The summed E-state index contributed by atoms with van der Waals surface area (Å²) in [7, 11) is -3.83. The highest BCUT2D eigenvalue weighted by atomic mass is 35.5. The van der Waals surface area contributed by atoms with Gasteiger partial charge in [-0.25, -0.2) is 12.8 Å². The lowest BCUT2D eigenvalue weighted by Gasteiger charge is -2.40. The number of nitrogens with zero attached hydrogens (tertiary/aromatic N) is 4. The molecule has 1 atom stereocenters. The van der Waals surface area contributed by atoms with Gasteiger partial charge in [-0.15, -0.1) is 0 Å². The highest BCUT2D eigenvalue weighted by molar-refractivity contribution is 7.89. The van der Waals surface area contributed by atoms with Crippen LogP contribution in [0.1, 0.15) is 30.4 Å². The molecule has 7 nitrogen and oxygen atoms in total. The smallest absolute Gasteiger partial charge is 0.239 e. The first-order valence-electron chi connectivity index (χ1n) is 11.8. The maximum Gasteiger partial charge on any atom is 0.239 e. The Bertz CT molecular complexity index is 1640. The lowest BCUT2D eigenvalue weighted by Crippen LogP contribution is -2.53. The Balaban J connectivity index is 1.45. The number of halogens is 3. The van der Waals surface area contributed by atoms with E-state index in [1.165, 1.54) is 28.8 Å². The first-order chi connectivity index (χ1) is 17.6. The van der Waals surface area contributed by atoms with Crippen LogP contribution >= 0.6 is 23.2 Å². The summed E-state index contributed by atoms with van der Waals surface area (Å²) in [6.07, 6.45) is 4.44. The van der Waals surface area contributed by atoms with E-state index in [0.717, 1.165) is 0 Å². The van der Waals surface area contributed by atoms with Crippen molar-refractivity contribution in [1.82, 2.24) is 9.29 Å². The quantitative estimate of drug-likeness (QED) is 0.458. The molecule has 1 aliphatic carbocycles. The summed E-state index contributed by atoms with van der Waals surface area (Å²) >= 11 is 12.7. The number of hydrogen-bond acceptors (Lipinski definition) is 5. The van der Waals surface area contributed by atoms with E-state index in [4.69, 9.17) is 23.2 Å². The number of pyridine rings is 1. The molecule has 0 radical (unpaired) electrons. The van der Waals surface area contributed by atoms with Crippen LogP contribution in [0.4, 0.5) is 10.1 Å². The first kappa shape index (κ1) is 24.6.